The van der Waals surface area contributed by atoms with E-state index in [0.717, 1.165) is 19.3 Å². The van der Waals surface area contributed by atoms with E-state index in [1.54, 1.807) is 36.4 Å². The van der Waals surface area contributed by atoms with Crippen molar-refractivity contribution in [3.63, 3.8) is 0 Å². The molecule has 1 heterocycles. The zero-order valence-electron chi connectivity index (χ0n) is 13.2. The minimum atomic E-state index is -0.868. The summed E-state index contributed by atoms with van der Waals surface area (Å²) in [6.45, 7) is 4.05. The van der Waals surface area contributed by atoms with Gasteiger partial charge in [0.1, 0.15) is 0 Å². The summed E-state index contributed by atoms with van der Waals surface area (Å²) < 4.78 is 0. The van der Waals surface area contributed by atoms with Gasteiger partial charge in [0, 0.05) is 25.0 Å². The Bertz CT molecular complexity index is 518. The summed E-state index contributed by atoms with van der Waals surface area (Å²) in [6, 6.07) is 3.58. The lowest BCUT2D eigenvalue weighted by atomic mass is 9.84. The lowest BCUT2D eigenvalue weighted by Gasteiger charge is -2.39. The zero-order chi connectivity index (χ0) is 16.1. The summed E-state index contributed by atoms with van der Waals surface area (Å²) in [5.41, 5.74) is 0.526. The highest BCUT2D eigenvalue weighted by Gasteiger charge is 2.33. The molecule has 0 saturated heterocycles. The number of carboxylic acids is 1. The molecule has 0 radical (unpaired) electrons. The molecule has 1 aliphatic carbocycles. The molecule has 0 aromatic carbocycles. The van der Waals surface area contributed by atoms with E-state index >= 15 is 0 Å². The molecule has 0 spiro atoms. The van der Waals surface area contributed by atoms with Gasteiger partial charge in [0.25, 0.3) is 5.91 Å². The van der Waals surface area contributed by atoms with Gasteiger partial charge in [0.2, 0.25) is 0 Å². The molecule has 1 aliphatic rings. The second-order valence-electron chi connectivity index (χ2n) is 6.27. The Morgan fingerprint density at radius 3 is 2.73 bits per heavy atom. The first kappa shape index (κ1) is 16.5. The molecule has 0 bridgehead atoms. The Hall–Kier alpha value is -1.91. The maximum atomic E-state index is 12.8. The first-order valence-electron chi connectivity index (χ1n) is 7.94. The van der Waals surface area contributed by atoms with Crippen LogP contribution in [0.25, 0.3) is 0 Å². The van der Waals surface area contributed by atoms with Crippen molar-refractivity contribution in [2.45, 2.75) is 45.6 Å². The van der Waals surface area contributed by atoms with Crippen molar-refractivity contribution in [1.29, 1.82) is 0 Å². The van der Waals surface area contributed by atoms with Gasteiger partial charge in [-0.2, -0.15) is 0 Å². The number of aromatic nitrogens is 1. The first-order chi connectivity index (χ1) is 10.5. The summed E-state index contributed by atoms with van der Waals surface area (Å²) in [4.78, 5) is 29.8. The molecule has 22 heavy (non-hydrogen) atoms. The maximum Gasteiger partial charge on any atom is 0.308 e. The molecule has 0 aliphatic heterocycles. The maximum absolute atomic E-state index is 12.8. The Morgan fingerprint density at radius 2 is 2.14 bits per heavy atom. The number of rotatable bonds is 5. The van der Waals surface area contributed by atoms with Crippen molar-refractivity contribution in [3.05, 3.63) is 30.1 Å². The van der Waals surface area contributed by atoms with Crippen molar-refractivity contribution in [2.24, 2.45) is 11.8 Å². The molecule has 1 amide bonds. The number of carbonyl (C=O) groups is 2. The van der Waals surface area contributed by atoms with Crippen LogP contribution < -0.4 is 0 Å². The third-order valence-corrected chi connectivity index (χ3v) is 4.53. The number of hydrogen-bond acceptors (Lipinski definition) is 3. The van der Waals surface area contributed by atoms with Gasteiger partial charge in [-0.15, -0.1) is 0 Å². The van der Waals surface area contributed by atoms with E-state index in [2.05, 4.69) is 11.9 Å². The van der Waals surface area contributed by atoms with Crippen LogP contribution in [0, 0.1) is 11.8 Å². The van der Waals surface area contributed by atoms with Gasteiger partial charge in [-0.05, 0) is 30.9 Å². The van der Waals surface area contributed by atoms with Crippen molar-refractivity contribution >= 4 is 11.9 Å². The fourth-order valence-corrected chi connectivity index (χ4v) is 3.16. The molecule has 120 valence electrons. The largest absolute Gasteiger partial charge is 0.481 e. The van der Waals surface area contributed by atoms with Crippen LogP contribution in [0.5, 0.6) is 0 Å². The van der Waals surface area contributed by atoms with E-state index < -0.39 is 11.9 Å². The van der Waals surface area contributed by atoms with E-state index in [-0.39, 0.29) is 18.5 Å². The van der Waals surface area contributed by atoms with Crippen LogP contribution in [0.3, 0.4) is 0 Å². The van der Waals surface area contributed by atoms with Crippen LogP contribution >= 0.6 is 0 Å². The van der Waals surface area contributed by atoms with E-state index in [0.29, 0.717) is 11.5 Å². The minimum Gasteiger partial charge on any atom is -0.481 e. The standard InChI is InChI=1S/C17H24N2O3/c1-12-6-3-4-8-15(12)19(11-13(2)17(21)22)16(20)14-7-5-9-18-10-14/h5,7,9-10,12-13,15H,3-4,6,8,11H2,1-2H3,(H,21,22). The molecule has 1 N–H and O–H groups in total. The van der Waals surface area contributed by atoms with Gasteiger partial charge in [-0.1, -0.05) is 26.7 Å². The van der Waals surface area contributed by atoms with Crippen LogP contribution in [0.2, 0.25) is 0 Å². The summed E-state index contributed by atoms with van der Waals surface area (Å²) in [7, 11) is 0. The molecular weight excluding hydrogens is 280 g/mol. The van der Waals surface area contributed by atoms with Crippen molar-refractivity contribution in [2.75, 3.05) is 6.54 Å². The Kier molecular flexibility index (Phi) is 5.52. The van der Waals surface area contributed by atoms with Crippen LogP contribution in [-0.4, -0.2) is 39.5 Å². The molecule has 3 unspecified atom stereocenters. The van der Waals surface area contributed by atoms with Gasteiger partial charge < -0.3 is 10.0 Å². The molecule has 2 rings (SSSR count). The van der Waals surface area contributed by atoms with E-state index in [4.69, 9.17) is 0 Å². The van der Waals surface area contributed by atoms with Gasteiger partial charge in [-0.3, -0.25) is 14.6 Å². The molecule has 5 nitrogen and oxygen atoms in total. The summed E-state index contributed by atoms with van der Waals surface area (Å²) in [6.07, 6.45) is 7.48. The minimum absolute atomic E-state index is 0.111. The lowest BCUT2D eigenvalue weighted by molar-refractivity contribution is -0.141. The first-order valence-corrected chi connectivity index (χ1v) is 7.94. The average Bonchev–Trinajstić information content (AvgIpc) is 2.53. The monoisotopic (exact) mass is 304 g/mol. The van der Waals surface area contributed by atoms with Crippen molar-refractivity contribution in [3.8, 4) is 0 Å². The highest BCUT2D eigenvalue weighted by molar-refractivity contribution is 5.94. The van der Waals surface area contributed by atoms with Gasteiger partial charge >= 0.3 is 5.97 Å². The number of pyridine rings is 1. The number of carboxylic acid groups (broad SMARTS) is 1. The van der Waals surface area contributed by atoms with Crippen LogP contribution in [0.1, 0.15) is 49.9 Å². The predicted molar refractivity (Wildman–Crippen MR) is 83.5 cm³/mol. The van der Waals surface area contributed by atoms with E-state index in [1.807, 2.05) is 0 Å². The van der Waals surface area contributed by atoms with E-state index in [9.17, 15) is 14.7 Å². The lowest BCUT2D eigenvalue weighted by Crippen LogP contribution is -2.48. The average molecular weight is 304 g/mol. The number of carbonyl (C=O) groups excluding carboxylic acids is 1. The molecule has 1 fully saturated rings. The van der Waals surface area contributed by atoms with Crippen LogP contribution in [0.4, 0.5) is 0 Å². The number of amides is 1. The highest BCUT2D eigenvalue weighted by Crippen LogP contribution is 2.29. The molecule has 1 aromatic heterocycles. The fourth-order valence-electron chi connectivity index (χ4n) is 3.16. The third-order valence-electron chi connectivity index (χ3n) is 4.53. The third kappa shape index (κ3) is 3.84. The summed E-state index contributed by atoms with van der Waals surface area (Å²) in [5.74, 6) is -1.16. The van der Waals surface area contributed by atoms with Crippen molar-refractivity contribution < 1.29 is 14.7 Å². The summed E-state index contributed by atoms with van der Waals surface area (Å²) in [5, 5.41) is 9.20. The van der Waals surface area contributed by atoms with Gasteiger partial charge in [-0.25, -0.2) is 0 Å². The zero-order valence-corrected chi connectivity index (χ0v) is 13.2. The Balaban J connectivity index is 2.24. The molecule has 5 heteroatoms. The number of nitrogens with zero attached hydrogens (tertiary/aromatic N) is 2. The topological polar surface area (TPSA) is 70.5 Å². The van der Waals surface area contributed by atoms with Gasteiger partial charge in [0.15, 0.2) is 0 Å². The smallest absolute Gasteiger partial charge is 0.308 e. The second kappa shape index (κ2) is 7.38. The van der Waals surface area contributed by atoms with Crippen LogP contribution in [0.15, 0.2) is 24.5 Å². The second-order valence-corrected chi connectivity index (χ2v) is 6.27. The Labute approximate surface area is 131 Å². The molecule has 1 saturated carbocycles. The van der Waals surface area contributed by atoms with Gasteiger partial charge in [0.05, 0.1) is 11.5 Å². The highest BCUT2D eigenvalue weighted by atomic mass is 16.4. The number of hydrogen-bond donors (Lipinski definition) is 1. The predicted octanol–water partition coefficient (Wildman–Crippen LogP) is 2.82. The molecular formula is C17H24N2O3. The Morgan fingerprint density at radius 1 is 1.41 bits per heavy atom. The fraction of sp³-hybridized carbons (Fsp3) is 0.588. The number of aliphatic carboxylic acids is 1. The normalized spacial score (nSPS) is 22.8. The molecule has 3 atom stereocenters. The summed E-state index contributed by atoms with van der Waals surface area (Å²) >= 11 is 0. The van der Waals surface area contributed by atoms with Crippen molar-refractivity contribution in [1.82, 2.24) is 9.88 Å². The van der Waals surface area contributed by atoms with Crippen LogP contribution in [-0.2, 0) is 4.79 Å². The van der Waals surface area contributed by atoms with E-state index in [1.165, 1.54) is 6.42 Å². The quantitative estimate of drug-likeness (QED) is 0.908. The SMILES string of the molecule is CC(CN(C(=O)c1cccnc1)C1CCCCC1C)C(=O)O. The molecule has 1 aromatic rings.